The molecule has 2 rings (SSSR count). The number of benzene rings is 1. The van der Waals surface area contributed by atoms with Gasteiger partial charge in [0.25, 0.3) is 0 Å². The zero-order valence-electron chi connectivity index (χ0n) is 12.1. The van der Waals surface area contributed by atoms with Crippen LogP contribution >= 0.6 is 15.9 Å². The number of aliphatic hydroxyl groups is 1. The van der Waals surface area contributed by atoms with Gasteiger partial charge in [-0.2, -0.15) is 0 Å². The predicted molar refractivity (Wildman–Crippen MR) is 85.1 cm³/mol. The van der Waals surface area contributed by atoms with Crippen LogP contribution in [-0.2, 0) is 0 Å². The Hall–Kier alpha value is -0.580. The maximum Gasteiger partial charge on any atom is 0.119 e. The van der Waals surface area contributed by atoms with Gasteiger partial charge in [-0.3, -0.25) is 0 Å². The summed E-state index contributed by atoms with van der Waals surface area (Å²) in [4.78, 5) is 0. The van der Waals surface area contributed by atoms with Gasteiger partial charge in [0.15, 0.2) is 0 Å². The van der Waals surface area contributed by atoms with E-state index in [9.17, 15) is 5.11 Å². The van der Waals surface area contributed by atoms with Gasteiger partial charge in [-0.25, -0.2) is 0 Å². The Morgan fingerprint density at radius 3 is 2.65 bits per heavy atom. The van der Waals surface area contributed by atoms with Gasteiger partial charge in [0.2, 0.25) is 0 Å². The van der Waals surface area contributed by atoms with Crippen molar-refractivity contribution in [1.82, 2.24) is 5.32 Å². The molecule has 0 radical (unpaired) electrons. The molecule has 1 aromatic carbocycles. The zero-order valence-corrected chi connectivity index (χ0v) is 13.7. The van der Waals surface area contributed by atoms with E-state index in [-0.39, 0.29) is 0 Å². The van der Waals surface area contributed by atoms with Gasteiger partial charge in [0.1, 0.15) is 18.5 Å². The normalized spacial score (nSPS) is 17.8. The largest absolute Gasteiger partial charge is 0.491 e. The molecule has 3 nitrogen and oxygen atoms in total. The Bertz CT molecular complexity index is 403. The molecule has 1 atom stereocenters. The SMILES string of the molecule is CCCC1(CNCC(O)COc2ccc(Br)cc2)CC1. The lowest BCUT2D eigenvalue weighted by atomic mass is 10.0. The van der Waals surface area contributed by atoms with Crippen molar-refractivity contribution in [3.8, 4) is 5.75 Å². The fourth-order valence-corrected chi connectivity index (χ4v) is 2.77. The maximum atomic E-state index is 9.92. The number of aliphatic hydroxyl groups excluding tert-OH is 1. The van der Waals surface area contributed by atoms with E-state index in [0.29, 0.717) is 18.6 Å². The molecule has 1 fully saturated rings. The molecule has 1 aliphatic carbocycles. The number of hydrogen-bond acceptors (Lipinski definition) is 3. The van der Waals surface area contributed by atoms with Crippen LogP contribution in [0.4, 0.5) is 0 Å². The van der Waals surface area contributed by atoms with Gasteiger partial charge in [-0.1, -0.05) is 29.3 Å². The van der Waals surface area contributed by atoms with E-state index in [1.165, 1.54) is 25.7 Å². The first-order chi connectivity index (χ1) is 9.63. The number of ether oxygens (including phenoxy) is 1. The predicted octanol–water partition coefficient (Wildman–Crippen LogP) is 3.36. The van der Waals surface area contributed by atoms with Crippen molar-refractivity contribution >= 4 is 15.9 Å². The van der Waals surface area contributed by atoms with Gasteiger partial charge >= 0.3 is 0 Å². The van der Waals surface area contributed by atoms with E-state index < -0.39 is 6.10 Å². The minimum absolute atomic E-state index is 0.329. The van der Waals surface area contributed by atoms with Crippen molar-refractivity contribution in [2.45, 2.75) is 38.7 Å². The van der Waals surface area contributed by atoms with E-state index in [0.717, 1.165) is 16.8 Å². The van der Waals surface area contributed by atoms with Crippen LogP contribution in [-0.4, -0.2) is 30.9 Å². The third kappa shape index (κ3) is 5.08. The van der Waals surface area contributed by atoms with Gasteiger partial charge < -0.3 is 15.2 Å². The van der Waals surface area contributed by atoms with E-state index >= 15 is 0 Å². The average Bonchev–Trinajstić information content (AvgIpc) is 3.18. The molecular formula is C16H24BrNO2. The molecule has 2 N–H and O–H groups in total. The Balaban J connectivity index is 1.61. The highest BCUT2D eigenvalue weighted by atomic mass is 79.9. The molecule has 1 aromatic rings. The topological polar surface area (TPSA) is 41.5 Å². The van der Waals surface area contributed by atoms with E-state index in [1.54, 1.807) is 0 Å². The molecule has 0 aliphatic heterocycles. The Kier molecular flexibility index (Phi) is 5.87. The summed E-state index contributed by atoms with van der Waals surface area (Å²) in [5, 5.41) is 13.3. The minimum Gasteiger partial charge on any atom is -0.491 e. The molecule has 1 saturated carbocycles. The van der Waals surface area contributed by atoms with Crippen LogP contribution < -0.4 is 10.1 Å². The molecule has 1 aliphatic rings. The highest BCUT2D eigenvalue weighted by Gasteiger charge is 2.40. The Labute approximate surface area is 129 Å². The van der Waals surface area contributed by atoms with Crippen molar-refractivity contribution in [2.75, 3.05) is 19.7 Å². The van der Waals surface area contributed by atoms with Crippen LogP contribution in [0, 0.1) is 5.41 Å². The van der Waals surface area contributed by atoms with Crippen LogP contribution in [0.1, 0.15) is 32.6 Å². The summed E-state index contributed by atoms with van der Waals surface area (Å²) in [7, 11) is 0. The molecule has 0 amide bonds. The summed E-state index contributed by atoms with van der Waals surface area (Å²) < 4.78 is 6.58. The van der Waals surface area contributed by atoms with Crippen molar-refractivity contribution < 1.29 is 9.84 Å². The molecular weight excluding hydrogens is 318 g/mol. The third-order valence-corrected chi connectivity index (χ3v) is 4.40. The highest BCUT2D eigenvalue weighted by molar-refractivity contribution is 9.10. The lowest BCUT2D eigenvalue weighted by Gasteiger charge is -2.17. The number of halogens is 1. The van der Waals surface area contributed by atoms with Crippen LogP contribution in [0.25, 0.3) is 0 Å². The van der Waals surface area contributed by atoms with Crippen LogP contribution in [0.15, 0.2) is 28.7 Å². The minimum atomic E-state index is -0.462. The Morgan fingerprint density at radius 2 is 2.05 bits per heavy atom. The monoisotopic (exact) mass is 341 g/mol. The number of nitrogens with one attached hydrogen (secondary N) is 1. The number of rotatable bonds is 9. The lowest BCUT2D eigenvalue weighted by Crippen LogP contribution is -2.34. The second-order valence-corrected chi connectivity index (χ2v) is 6.72. The fraction of sp³-hybridized carbons (Fsp3) is 0.625. The smallest absolute Gasteiger partial charge is 0.119 e. The third-order valence-electron chi connectivity index (χ3n) is 3.87. The molecule has 20 heavy (non-hydrogen) atoms. The molecule has 4 heteroatoms. The van der Waals surface area contributed by atoms with E-state index in [4.69, 9.17) is 4.74 Å². The summed E-state index contributed by atoms with van der Waals surface area (Å²) in [6.45, 7) is 4.19. The molecule has 0 bridgehead atoms. The van der Waals surface area contributed by atoms with E-state index in [2.05, 4.69) is 28.2 Å². The van der Waals surface area contributed by atoms with Gasteiger partial charge in [0.05, 0.1) is 0 Å². The molecule has 0 spiro atoms. The van der Waals surface area contributed by atoms with Crippen molar-refractivity contribution in [1.29, 1.82) is 0 Å². The summed E-state index contributed by atoms with van der Waals surface area (Å²) in [6, 6.07) is 7.65. The molecule has 112 valence electrons. The molecule has 0 aromatic heterocycles. The first kappa shape index (κ1) is 15.8. The first-order valence-corrected chi connectivity index (χ1v) is 8.20. The van der Waals surface area contributed by atoms with Gasteiger partial charge in [-0.15, -0.1) is 0 Å². The standard InChI is InChI=1S/C16H24BrNO2/c1-2-7-16(8-9-16)12-18-10-14(19)11-20-15-5-3-13(17)4-6-15/h3-6,14,18-19H,2,7-12H2,1H3. The average molecular weight is 342 g/mol. The van der Waals surface area contributed by atoms with Crippen LogP contribution in [0.5, 0.6) is 5.75 Å². The summed E-state index contributed by atoms with van der Waals surface area (Å²) in [6.07, 6.45) is 4.75. The molecule has 0 heterocycles. The maximum absolute atomic E-state index is 9.92. The van der Waals surface area contributed by atoms with Gasteiger partial charge in [0, 0.05) is 17.6 Å². The highest BCUT2D eigenvalue weighted by Crippen LogP contribution is 2.48. The first-order valence-electron chi connectivity index (χ1n) is 7.41. The van der Waals surface area contributed by atoms with Crippen molar-refractivity contribution in [3.63, 3.8) is 0 Å². The lowest BCUT2D eigenvalue weighted by molar-refractivity contribution is 0.105. The summed E-state index contributed by atoms with van der Waals surface area (Å²) >= 11 is 3.38. The second-order valence-electron chi connectivity index (χ2n) is 5.80. The summed E-state index contributed by atoms with van der Waals surface area (Å²) in [5.74, 6) is 0.789. The van der Waals surface area contributed by atoms with Crippen LogP contribution in [0.3, 0.4) is 0 Å². The second kappa shape index (κ2) is 7.43. The van der Waals surface area contributed by atoms with E-state index in [1.807, 2.05) is 24.3 Å². The van der Waals surface area contributed by atoms with Gasteiger partial charge in [-0.05, 0) is 48.9 Å². The number of hydrogen-bond donors (Lipinski definition) is 2. The quantitative estimate of drug-likeness (QED) is 0.723. The molecule has 0 saturated heterocycles. The fourth-order valence-electron chi connectivity index (χ4n) is 2.51. The van der Waals surface area contributed by atoms with Crippen LogP contribution in [0.2, 0.25) is 0 Å². The Morgan fingerprint density at radius 1 is 1.35 bits per heavy atom. The zero-order chi connectivity index (χ0) is 14.4. The van der Waals surface area contributed by atoms with Crippen molar-refractivity contribution in [2.24, 2.45) is 5.41 Å². The molecule has 1 unspecified atom stereocenters. The van der Waals surface area contributed by atoms with Crippen molar-refractivity contribution in [3.05, 3.63) is 28.7 Å². The summed E-state index contributed by atoms with van der Waals surface area (Å²) in [5.41, 5.74) is 0.529.